The van der Waals surface area contributed by atoms with Gasteiger partial charge in [0, 0.05) is 56.1 Å². The van der Waals surface area contributed by atoms with Gasteiger partial charge in [-0.05, 0) is 195 Å². The molecule has 0 saturated heterocycles. The number of rotatable bonds is 0. The number of carbonyl (C=O) groups is 2. The number of hydrogen-bond acceptors (Lipinski definition) is 4. The lowest BCUT2D eigenvalue weighted by molar-refractivity contribution is 0.102. The highest BCUT2D eigenvalue weighted by Crippen LogP contribution is 2.50. The van der Waals surface area contributed by atoms with Gasteiger partial charge in [0.25, 0.3) is 11.8 Å². The standard InChI is InChI=1S/C62H72N4O2/c1-37-25-48-26-38(2)54(37)63-52-19-18-20-53(36-52)64-55-39(3)27-49(28-40(55)4)62(23-16-13-17-24-62)51-31-43(7)57(44(8)32-51)66-59(68)46-33-45(34-47(35-46)60(9,10)11)58(67)65-56-41(5)29-50(30-42(56)6)61(48)21-14-12-15-22-61/h18-20,25-36,63-64H,12-17,21-24H2,1-11H3,(H,65,67)(H,66,68). The number of hydrogen-bond donors (Lipinski definition) is 4. The van der Waals surface area contributed by atoms with Crippen molar-refractivity contribution >= 4 is 45.9 Å². The van der Waals surface area contributed by atoms with Crippen LogP contribution in [0.15, 0.2) is 91.0 Å². The summed E-state index contributed by atoms with van der Waals surface area (Å²) in [6.07, 6.45) is 11.4. The summed E-state index contributed by atoms with van der Waals surface area (Å²) in [6.45, 7) is 23.8. The van der Waals surface area contributed by atoms with E-state index in [-0.39, 0.29) is 28.1 Å². The predicted octanol–water partition coefficient (Wildman–Crippen LogP) is 16.3. The number of benzene rings is 6. The van der Waals surface area contributed by atoms with E-state index in [4.69, 9.17) is 0 Å². The smallest absolute Gasteiger partial charge is 0.255 e. The SMILES string of the molecule is Cc1cc2cc(C)c1NC(=O)c1cc(cc(C(C)(C)C)c1)C(=O)Nc1c(C)cc(cc1C)C1(CCCCC1)c1cc(C)c(c(C)c1)Nc1cccc(c1)Nc1c(C)cc(cc1C)C21CCCCC1. The summed E-state index contributed by atoms with van der Waals surface area (Å²) in [6, 6.07) is 33.3. The molecule has 2 spiro atoms. The van der Waals surface area contributed by atoms with Gasteiger partial charge in [0.15, 0.2) is 0 Å². The minimum atomic E-state index is -0.299. The summed E-state index contributed by atoms with van der Waals surface area (Å²) in [5.41, 5.74) is 21.7. The fraction of sp³-hybridized carbons (Fsp3) is 0.387. The van der Waals surface area contributed by atoms with Gasteiger partial charge in [-0.25, -0.2) is 0 Å². The molecule has 6 heteroatoms. The number of aryl methyl sites for hydroxylation is 8. The first-order valence-electron chi connectivity index (χ1n) is 25.2. The molecule has 4 N–H and O–H groups in total. The van der Waals surface area contributed by atoms with Crippen LogP contribution in [-0.2, 0) is 16.2 Å². The van der Waals surface area contributed by atoms with Crippen molar-refractivity contribution < 1.29 is 9.59 Å². The Hall–Kier alpha value is -6.14. The maximum absolute atomic E-state index is 14.5. The summed E-state index contributed by atoms with van der Waals surface area (Å²) >= 11 is 0. The van der Waals surface area contributed by atoms with Crippen molar-refractivity contribution in [1.29, 1.82) is 0 Å². The van der Waals surface area contributed by atoms with Gasteiger partial charge < -0.3 is 21.3 Å². The van der Waals surface area contributed by atoms with Crippen molar-refractivity contribution in [2.45, 2.75) is 157 Å². The summed E-state index contributed by atoms with van der Waals surface area (Å²) in [5, 5.41) is 14.3. The highest BCUT2D eigenvalue weighted by molar-refractivity contribution is 6.10. The van der Waals surface area contributed by atoms with Gasteiger partial charge in [-0.3, -0.25) is 9.59 Å². The molecule has 6 nitrogen and oxygen atoms in total. The van der Waals surface area contributed by atoms with Gasteiger partial charge in [0.2, 0.25) is 0 Å². The highest BCUT2D eigenvalue weighted by Gasteiger charge is 2.39. The molecule has 0 atom stereocenters. The molecule has 16 rings (SSSR count). The second-order valence-corrected chi connectivity index (χ2v) is 22.0. The van der Waals surface area contributed by atoms with Crippen LogP contribution in [0.5, 0.6) is 0 Å². The van der Waals surface area contributed by atoms with Gasteiger partial charge in [0.1, 0.15) is 0 Å². The van der Waals surface area contributed by atoms with E-state index in [0.29, 0.717) is 11.1 Å². The third-order valence-electron chi connectivity index (χ3n) is 16.0. The molecule has 12 bridgehead atoms. The van der Waals surface area contributed by atoms with E-state index < -0.39 is 0 Å². The zero-order valence-corrected chi connectivity index (χ0v) is 42.5. The topological polar surface area (TPSA) is 82.3 Å². The van der Waals surface area contributed by atoms with E-state index >= 15 is 0 Å². The zero-order chi connectivity index (χ0) is 48.3. The number of carbonyl (C=O) groups excluding carboxylic acids is 2. The van der Waals surface area contributed by atoms with Crippen LogP contribution in [0.1, 0.15) is 178 Å². The average Bonchev–Trinajstić information content (AvgIpc) is 3.30. The highest BCUT2D eigenvalue weighted by atomic mass is 16.2. The molecule has 8 heterocycles. The number of amides is 2. The lowest BCUT2D eigenvalue weighted by Crippen LogP contribution is -2.31. The molecule has 6 aromatic carbocycles. The Bertz CT molecular complexity index is 2690. The van der Waals surface area contributed by atoms with Crippen LogP contribution in [0.4, 0.5) is 34.1 Å². The van der Waals surface area contributed by atoms with Gasteiger partial charge >= 0.3 is 0 Å². The first kappa shape index (κ1) is 46.9. The molecular formula is C62H72N4O2. The monoisotopic (exact) mass is 905 g/mol. The maximum atomic E-state index is 14.5. The first-order chi connectivity index (χ1) is 32.3. The maximum Gasteiger partial charge on any atom is 0.255 e. The molecule has 2 amide bonds. The van der Waals surface area contributed by atoms with Crippen LogP contribution in [0.25, 0.3) is 0 Å². The number of nitrogens with one attached hydrogen (secondary N) is 4. The fourth-order valence-corrected chi connectivity index (χ4v) is 12.2. The Balaban J connectivity index is 1.19. The molecule has 0 unspecified atom stereocenters. The van der Waals surface area contributed by atoms with Crippen molar-refractivity contribution in [3.8, 4) is 0 Å². The largest absolute Gasteiger partial charge is 0.355 e. The summed E-state index contributed by atoms with van der Waals surface area (Å²) in [4.78, 5) is 29.0. The van der Waals surface area contributed by atoms with Gasteiger partial charge in [-0.1, -0.05) is 114 Å². The van der Waals surface area contributed by atoms with E-state index in [9.17, 15) is 9.59 Å². The van der Waals surface area contributed by atoms with E-state index in [0.717, 1.165) is 87.6 Å². The first-order valence-corrected chi connectivity index (χ1v) is 25.2. The van der Waals surface area contributed by atoms with Crippen LogP contribution < -0.4 is 21.3 Å². The second kappa shape index (κ2) is 18.1. The lowest BCUT2D eigenvalue weighted by atomic mass is 9.64. The van der Waals surface area contributed by atoms with E-state index in [1.807, 2.05) is 12.1 Å². The van der Waals surface area contributed by atoms with E-state index in [1.54, 1.807) is 6.07 Å². The molecule has 8 aliphatic heterocycles. The Labute approximate surface area is 406 Å². The summed E-state index contributed by atoms with van der Waals surface area (Å²) < 4.78 is 0. The molecule has 352 valence electrons. The van der Waals surface area contributed by atoms with E-state index in [1.165, 1.54) is 83.0 Å². The molecule has 2 fully saturated rings. The zero-order valence-electron chi connectivity index (χ0n) is 42.5. The Kier molecular flexibility index (Phi) is 12.5. The van der Waals surface area contributed by atoms with Crippen LogP contribution in [-0.4, -0.2) is 11.8 Å². The molecule has 10 aliphatic rings. The second-order valence-electron chi connectivity index (χ2n) is 22.0. The Morgan fingerprint density at radius 2 is 0.676 bits per heavy atom. The summed E-state index contributed by atoms with van der Waals surface area (Å²) in [7, 11) is 0. The van der Waals surface area contributed by atoms with Crippen molar-refractivity contribution in [2.75, 3.05) is 21.3 Å². The normalized spacial score (nSPS) is 16.9. The minimum Gasteiger partial charge on any atom is -0.355 e. The molecule has 2 aliphatic carbocycles. The van der Waals surface area contributed by atoms with Crippen LogP contribution in [0.2, 0.25) is 0 Å². The Morgan fingerprint density at radius 1 is 0.382 bits per heavy atom. The molecule has 68 heavy (non-hydrogen) atoms. The van der Waals surface area contributed by atoms with Gasteiger partial charge in [0.05, 0.1) is 0 Å². The minimum absolute atomic E-state index is 0.142. The molecule has 6 aromatic rings. The average molecular weight is 905 g/mol. The van der Waals surface area contributed by atoms with Crippen LogP contribution in [0.3, 0.4) is 0 Å². The molecule has 2 saturated carbocycles. The lowest BCUT2D eigenvalue weighted by Gasteiger charge is -2.40. The van der Waals surface area contributed by atoms with Gasteiger partial charge in [-0.2, -0.15) is 0 Å². The Morgan fingerprint density at radius 3 is 0.971 bits per heavy atom. The van der Waals surface area contributed by atoms with Crippen LogP contribution >= 0.6 is 0 Å². The fourth-order valence-electron chi connectivity index (χ4n) is 12.2. The quantitative estimate of drug-likeness (QED) is 0.122. The molecular weight excluding hydrogens is 833 g/mol. The summed E-state index contributed by atoms with van der Waals surface area (Å²) in [5.74, 6) is -0.445. The van der Waals surface area contributed by atoms with Crippen molar-refractivity contribution in [3.05, 3.63) is 174 Å². The van der Waals surface area contributed by atoms with Crippen molar-refractivity contribution in [2.24, 2.45) is 0 Å². The van der Waals surface area contributed by atoms with Crippen molar-refractivity contribution in [3.63, 3.8) is 0 Å². The van der Waals surface area contributed by atoms with Crippen LogP contribution in [0, 0.1) is 55.4 Å². The third-order valence-corrected chi connectivity index (χ3v) is 16.0. The molecule has 0 radical (unpaired) electrons. The molecule has 0 aromatic heterocycles. The van der Waals surface area contributed by atoms with E-state index in [2.05, 4.69) is 170 Å². The third kappa shape index (κ3) is 8.76. The van der Waals surface area contributed by atoms with Gasteiger partial charge in [-0.15, -0.1) is 0 Å². The van der Waals surface area contributed by atoms with Crippen molar-refractivity contribution in [1.82, 2.24) is 0 Å². The number of anilines is 6. The predicted molar refractivity (Wildman–Crippen MR) is 285 cm³/mol.